The van der Waals surface area contributed by atoms with Crippen LogP contribution in [0.2, 0.25) is 4.71 Å². The Balaban J connectivity index is 3.76. The van der Waals surface area contributed by atoms with Crippen molar-refractivity contribution >= 4 is 22.8 Å². The number of aliphatic carboxylic acids is 1. The average molecular weight is 236 g/mol. The molecule has 0 heterocycles. The summed E-state index contributed by atoms with van der Waals surface area (Å²) < 4.78 is 0.133. The van der Waals surface area contributed by atoms with E-state index in [9.17, 15) is 9.90 Å². The molecule has 0 fully saturated rings. The standard InChI is InChI=1S/C8H17AsO3/c1-5(2)3-6(9)7(10)4-8(11)12/h5-7,10H,3-4,9H2,1-2H3,(H,11,12). The second-order valence-electron chi connectivity index (χ2n) is 3.46. The molecule has 0 radical (unpaired) electrons. The number of carboxylic acids is 1. The van der Waals surface area contributed by atoms with Crippen LogP contribution in [0.5, 0.6) is 0 Å². The van der Waals surface area contributed by atoms with Gasteiger partial charge in [0.2, 0.25) is 0 Å². The van der Waals surface area contributed by atoms with Crippen LogP contribution in [-0.4, -0.2) is 39.1 Å². The topological polar surface area (TPSA) is 57.5 Å². The Morgan fingerprint density at radius 3 is 2.33 bits per heavy atom. The van der Waals surface area contributed by atoms with Gasteiger partial charge in [-0.25, -0.2) is 0 Å². The fourth-order valence-electron chi connectivity index (χ4n) is 1.03. The Hall–Kier alpha value is -0.0116. The maximum absolute atomic E-state index is 10.2. The van der Waals surface area contributed by atoms with Crippen molar-refractivity contribution in [1.29, 1.82) is 0 Å². The zero-order valence-corrected chi connectivity index (χ0v) is 9.95. The second kappa shape index (κ2) is 5.60. The Bertz CT molecular complexity index is 147. The van der Waals surface area contributed by atoms with Crippen LogP contribution in [0.15, 0.2) is 0 Å². The van der Waals surface area contributed by atoms with Crippen molar-refractivity contribution in [2.24, 2.45) is 5.92 Å². The van der Waals surface area contributed by atoms with Crippen molar-refractivity contribution in [1.82, 2.24) is 0 Å². The van der Waals surface area contributed by atoms with Gasteiger partial charge in [0.05, 0.1) is 0 Å². The minimum atomic E-state index is -0.922. The van der Waals surface area contributed by atoms with Gasteiger partial charge in [0, 0.05) is 0 Å². The normalized spacial score (nSPS) is 16.1. The molecular formula is C8H17AsO3. The Kier molecular flexibility index (Phi) is 5.60. The second-order valence-corrected chi connectivity index (χ2v) is 5.26. The summed E-state index contributed by atoms with van der Waals surface area (Å²) in [6.45, 7) is 4.14. The SMILES string of the molecule is CC(C)CC([AsH2])C(O)CC(=O)O. The molecule has 0 aromatic carbocycles. The third-order valence-corrected chi connectivity index (χ3v) is 3.12. The Morgan fingerprint density at radius 1 is 1.50 bits per heavy atom. The van der Waals surface area contributed by atoms with E-state index in [0.29, 0.717) is 5.92 Å². The Morgan fingerprint density at radius 2 is 2.00 bits per heavy atom. The van der Waals surface area contributed by atoms with Crippen LogP contribution < -0.4 is 0 Å². The molecule has 4 heteroatoms. The average Bonchev–Trinajstić information content (AvgIpc) is 1.84. The van der Waals surface area contributed by atoms with Gasteiger partial charge in [0.1, 0.15) is 0 Å². The summed E-state index contributed by atoms with van der Waals surface area (Å²) in [7, 11) is 0. The van der Waals surface area contributed by atoms with Gasteiger partial charge in [-0.3, -0.25) is 0 Å². The first-order chi connectivity index (χ1) is 5.43. The van der Waals surface area contributed by atoms with Crippen LogP contribution in [0, 0.1) is 5.92 Å². The van der Waals surface area contributed by atoms with Gasteiger partial charge in [-0.05, 0) is 0 Å². The van der Waals surface area contributed by atoms with Crippen LogP contribution in [0.25, 0.3) is 0 Å². The molecule has 0 spiro atoms. The van der Waals surface area contributed by atoms with E-state index < -0.39 is 12.1 Å². The summed E-state index contributed by atoms with van der Waals surface area (Å²) >= 11 is 1.42. The molecule has 0 aromatic rings. The van der Waals surface area contributed by atoms with E-state index in [1.807, 2.05) is 0 Å². The van der Waals surface area contributed by atoms with Crippen molar-refractivity contribution in [3.8, 4) is 0 Å². The summed E-state index contributed by atoms with van der Waals surface area (Å²) in [5.41, 5.74) is 0. The molecule has 12 heavy (non-hydrogen) atoms. The van der Waals surface area contributed by atoms with Crippen molar-refractivity contribution in [2.75, 3.05) is 0 Å². The molecule has 0 rings (SSSR count). The predicted molar refractivity (Wildman–Crippen MR) is 50.0 cm³/mol. The Labute approximate surface area is 81.7 Å². The van der Waals surface area contributed by atoms with E-state index in [0.717, 1.165) is 6.42 Å². The molecule has 72 valence electrons. The summed E-state index contributed by atoms with van der Waals surface area (Å²) in [6.07, 6.45) is 0.0919. The molecule has 0 aromatic heterocycles. The molecule has 0 aliphatic heterocycles. The quantitative estimate of drug-likeness (QED) is 0.674. The molecule has 0 saturated heterocycles. The predicted octanol–water partition coefficient (Wildman–Crippen LogP) is 0.290. The molecule has 0 saturated carbocycles. The fraction of sp³-hybridized carbons (Fsp3) is 0.875. The van der Waals surface area contributed by atoms with Gasteiger partial charge in [-0.15, -0.1) is 0 Å². The molecule has 2 N–H and O–H groups in total. The van der Waals surface area contributed by atoms with Crippen molar-refractivity contribution in [3.63, 3.8) is 0 Å². The zero-order chi connectivity index (χ0) is 9.72. The van der Waals surface area contributed by atoms with Crippen LogP contribution in [0.1, 0.15) is 26.7 Å². The molecule has 3 nitrogen and oxygen atoms in total. The molecule has 3 atom stereocenters. The van der Waals surface area contributed by atoms with E-state index >= 15 is 0 Å². The summed E-state index contributed by atoms with van der Waals surface area (Å²) in [4.78, 5) is 10.2. The number of carbonyl (C=O) groups is 1. The van der Waals surface area contributed by atoms with E-state index in [1.54, 1.807) is 0 Å². The van der Waals surface area contributed by atoms with Gasteiger partial charge >= 0.3 is 81.2 Å². The molecular weight excluding hydrogens is 219 g/mol. The maximum atomic E-state index is 10.2. The van der Waals surface area contributed by atoms with Crippen LogP contribution in [0.3, 0.4) is 0 Å². The van der Waals surface area contributed by atoms with Crippen molar-refractivity contribution < 1.29 is 15.0 Å². The minimum absolute atomic E-state index is 0.129. The first-order valence-corrected chi connectivity index (χ1v) is 5.48. The number of carboxylic acid groups (broad SMARTS) is 1. The van der Waals surface area contributed by atoms with E-state index in [4.69, 9.17) is 5.11 Å². The van der Waals surface area contributed by atoms with E-state index in [2.05, 4.69) is 13.8 Å². The number of aliphatic hydroxyl groups excluding tert-OH is 1. The molecule has 0 amide bonds. The van der Waals surface area contributed by atoms with E-state index in [-0.39, 0.29) is 11.1 Å². The van der Waals surface area contributed by atoms with Gasteiger partial charge in [-0.1, -0.05) is 0 Å². The van der Waals surface area contributed by atoms with Gasteiger partial charge in [0.25, 0.3) is 0 Å². The number of hydrogen-bond acceptors (Lipinski definition) is 2. The third-order valence-electron chi connectivity index (χ3n) is 1.62. The van der Waals surface area contributed by atoms with Gasteiger partial charge < -0.3 is 0 Å². The number of aliphatic hydroxyl groups is 1. The van der Waals surface area contributed by atoms with Crippen molar-refractivity contribution in [3.05, 3.63) is 0 Å². The molecule has 0 aliphatic rings. The first kappa shape index (κ1) is 12.0. The summed E-state index contributed by atoms with van der Waals surface area (Å²) in [5.74, 6) is -0.403. The van der Waals surface area contributed by atoms with Crippen LogP contribution in [-0.2, 0) is 4.79 Å². The third kappa shape index (κ3) is 5.61. The van der Waals surface area contributed by atoms with Crippen LogP contribution >= 0.6 is 0 Å². The summed E-state index contributed by atoms with van der Waals surface area (Å²) in [5, 5.41) is 17.8. The summed E-state index contributed by atoms with van der Waals surface area (Å²) in [6, 6.07) is 0. The molecule has 0 aliphatic carbocycles. The monoisotopic (exact) mass is 236 g/mol. The van der Waals surface area contributed by atoms with Crippen LogP contribution in [0.4, 0.5) is 0 Å². The molecule has 3 unspecified atom stereocenters. The number of rotatable bonds is 5. The van der Waals surface area contributed by atoms with E-state index in [1.165, 1.54) is 16.9 Å². The molecule has 0 bridgehead atoms. The first-order valence-electron chi connectivity index (χ1n) is 4.09. The van der Waals surface area contributed by atoms with Gasteiger partial charge in [0.15, 0.2) is 0 Å². The van der Waals surface area contributed by atoms with Gasteiger partial charge in [-0.2, -0.15) is 0 Å². The zero-order valence-electron chi connectivity index (χ0n) is 7.53. The fourth-order valence-corrected chi connectivity index (χ4v) is 2.46. The van der Waals surface area contributed by atoms with Crippen molar-refractivity contribution in [2.45, 2.75) is 37.5 Å². The number of hydrogen-bond donors (Lipinski definition) is 2.